The minimum atomic E-state index is -0.954. The van der Waals surface area contributed by atoms with E-state index in [0.717, 1.165) is 5.56 Å². The fourth-order valence-corrected chi connectivity index (χ4v) is 2.83. The van der Waals surface area contributed by atoms with Gasteiger partial charge in [0.25, 0.3) is 0 Å². The van der Waals surface area contributed by atoms with Gasteiger partial charge in [0.1, 0.15) is 0 Å². The van der Waals surface area contributed by atoms with E-state index in [1.165, 1.54) is 6.92 Å². The summed E-state index contributed by atoms with van der Waals surface area (Å²) in [6, 6.07) is -0.384. The smallest absolute Gasteiger partial charge is 0.308 e. The Kier molecular flexibility index (Phi) is 5.02. The Morgan fingerprint density at radius 1 is 1.48 bits per heavy atom. The van der Waals surface area contributed by atoms with Crippen LogP contribution >= 0.6 is 0 Å². The van der Waals surface area contributed by atoms with Crippen LogP contribution in [-0.2, 0) is 21.4 Å². The highest BCUT2D eigenvalue weighted by molar-refractivity contribution is 5.85. The second-order valence-corrected chi connectivity index (χ2v) is 6.03. The van der Waals surface area contributed by atoms with Crippen molar-refractivity contribution < 1.29 is 19.5 Å². The minimum absolute atomic E-state index is 0.0122. The van der Waals surface area contributed by atoms with Gasteiger partial charge in [-0.25, -0.2) is 0 Å². The second kappa shape index (κ2) is 6.80. The number of nitrogens with zero attached hydrogens (tertiary/aromatic N) is 3. The van der Waals surface area contributed by atoms with Crippen molar-refractivity contribution in [1.29, 1.82) is 0 Å². The number of carboxylic acid groups (broad SMARTS) is 1. The summed E-state index contributed by atoms with van der Waals surface area (Å²) >= 11 is 0. The van der Waals surface area contributed by atoms with Crippen molar-refractivity contribution >= 4 is 17.8 Å². The zero-order valence-corrected chi connectivity index (χ0v) is 13.5. The number of rotatable bonds is 5. The van der Waals surface area contributed by atoms with E-state index in [4.69, 9.17) is 5.11 Å². The van der Waals surface area contributed by atoms with E-state index >= 15 is 0 Å². The zero-order chi connectivity index (χ0) is 17.1. The quantitative estimate of drug-likeness (QED) is 0.804. The van der Waals surface area contributed by atoms with Gasteiger partial charge in [-0.1, -0.05) is 6.92 Å². The average Bonchev–Trinajstić information content (AvgIpc) is 2.92. The van der Waals surface area contributed by atoms with Gasteiger partial charge in [-0.2, -0.15) is 5.10 Å². The molecular weight excluding hydrogens is 300 g/mol. The van der Waals surface area contributed by atoms with E-state index in [-0.39, 0.29) is 24.4 Å². The van der Waals surface area contributed by atoms with Crippen molar-refractivity contribution in [2.24, 2.45) is 18.9 Å². The SMILES string of the molecule is CC(CNC(=O)C1CCC(=O)N(C)C1c1cnn(C)c1)C(=O)O. The van der Waals surface area contributed by atoms with Crippen LogP contribution in [0, 0.1) is 11.8 Å². The van der Waals surface area contributed by atoms with E-state index in [0.29, 0.717) is 12.8 Å². The number of hydrogen-bond acceptors (Lipinski definition) is 4. The molecule has 2 N–H and O–H groups in total. The first-order valence-electron chi connectivity index (χ1n) is 7.56. The van der Waals surface area contributed by atoms with Crippen LogP contribution in [0.25, 0.3) is 0 Å². The third kappa shape index (κ3) is 3.69. The van der Waals surface area contributed by atoms with E-state index in [1.807, 2.05) is 0 Å². The van der Waals surface area contributed by atoms with Crippen LogP contribution < -0.4 is 5.32 Å². The Bertz CT molecular complexity index is 612. The summed E-state index contributed by atoms with van der Waals surface area (Å²) in [5.41, 5.74) is 0.800. The molecule has 1 saturated heterocycles. The molecule has 1 aliphatic rings. The number of aliphatic carboxylic acids is 1. The Hall–Kier alpha value is -2.38. The number of nitrogens with one attached hydrogen (secondary N) is 1. The summed E-state index contributed by atoms with van der Waals surface area (Å²) in [6.07, 6.45) is 4.19. The Morgan fingerprint density at radius 3 is 2.74 bits per heavy atom. The van der Waals surface area contributed by atoms with Gasteiger partial charge in [-0.05, 0) is 6.42 Å². The number of piperidine rings is 1. The highest BCUT2D eigenvalue weighted by Gasteiger charge is 2.39. The molecule has 3 atom stereocenters. The zero-order valence-electron chi connectivity index (χ0n) is 13.5. The standard InChI is InChI=1S/C15H22N4O4/c1-9(15(22)23)6-16-14(21)11-4-5-12(20)19(3)13(11)10-7-17-18(2)8-10/h7-9,11,13H,4-6H2,1-3H3,(H,16,21)(H,22,23). The first-order valence-corrected chi connectivity index (χ1v) is 7.56. The molecule has 0 bridgehead atoms. The molecule has 0 spiro atoms. The van der Waals surface area contributed by atoms with E-state index < -0.39 is 17.8 Å². The molecule has 126 valence electrons. The highest BCUT2D eigenvalue weighted by Crippen LogP contribution is 2.35. The summed E-state index contributed by atoms with van der Waals surface area (Å²) in [6.45, 7) is 1.61. The van der Waals surface area contributed by atoms with Crippen LogP contribution in [0.5, 0.6) is 0 Å². The van der Waals surface area contributed by atoms with Gasteiger partial charge in [0, 0.05) is 38.8 Å². The number of amides is 2. The molecule has 1 aliphatic heterocycles. The maximum absolute atomic E-state index is 12.5. The first-order chi connectivity index (χ1) is 10.8. The molecule has 0 aliphatic carbocycles. The summed E-state index contributed by atoms with van der Waals surface area (Å²) in [7, 11) is 3.46. The summed E-state index contributed by atoms with van der Waals surface area (Å²) in [5, 5.41) is 15.7. The fourth-order valence-electron chi connectivity index (χ4n) is 2.83. The van der Waals surface area contributed by atoms with Gasteiger partial charge in [0.15, 0.2) is 0 Å². The Labute approximate surface area is 134 Å². The van der Waals surface area contributed by atoms with Crippen molar-refractivity contribution in [1.82, 2.24) is 20.0 Å². The van der Waals surface area contributed by atoms with Crippen LogP contribution in [-0.4, -0.2) is 51.2 Å². The number of carboxylic acids is 1. The summed E-state index contributed by atoms with van der Waals surface area (Å²) in [4.78, 5) is 36.9. The predicted molar refractivity (Wildman–Crippen MR) is 81.3 cm³/mol. The van der Waals surface area contributed by atoms with Gasteiger partial charge in [0.05, 0.1) is 24.1 Å². The van der Waals surface area contributed by atoms with Crippen molar-refractivity contribution in [3.05, 3.63) is 18.0 Å². The largest absolute Gasteiger partial charge is 0.481 e. The number of aryl methyl sites for hydroxylation is 1. The molecule has 2 heterocycles. The second-order valence-electron chi connectivity index (χ2n) is 6.03. The number of aromatic nitrogens is 2. The molecule has 0 radical (unpaired) electrons. The molecule has 2 rings (SSSR count). The molecule has 3 unspecified atom stereocenters. The van der Waals surface area contributed by atoms with Crippen molar-refractivity contribution in [2.75, 3.05) is 13.6 Å². The molecule has 1 aromatic rings. The summed E-state index contributed by atoms with van der Waals surface area (Å²) < 4.78 is 1.63. The lowest BCUT2D eigenvalue weighted by molar-refractivity contribution is -0.142. The lowest BCUT2D eigenvalue weighted by Gasteiger charge is -2.37. The first kappa shape index (κ1) is 17.0. The monoisotopic (exact) mass is 322 g/mol. The molecule has 1 aromatic heterocycles. The van der Waals surface area contributed by atoms with Crippen LogP contribution in [0.3, 0.4) is 0 Å². The lowest BCUT2D eigenvalue weighted by Crippen LogP contribution is -2.47. The molecule has 8 heteroatoms. The average molecular weight is 322 g/mol. The molecule has 0 saturated carbocycles. The maximum atomic E-state index is 12.5. The Morgan fingerprint density at radius 2 is 2.17 bits per heavy atom. The molecule has 23 heavy (non-hydrogen) atoms. The van der Waals surface area contributed by atoms with Gasteiger partial charge >= 0.3 is 5.97 Å². The molecule has 8 nitrogen and oxygen atoms in total. The van der Waals surface area contributed by atoms with Crippen LogP contribution in [0.15, 0.2) is 12.4 Å². The highest BCUT2D eigenvalue weighted by atomic mass is 16.4. The summed E-state index contributed by atoms with van der Waals surface area (Å²) in [5.74, 6) is -2.26. The predicted octanol–water partition coefficient (Wildman–Crippen LogP) is 0.167. The van der Waals surface area contributed by atoms with E-state index in [1.54, 1.807) is 36.1 Å². The molecule has 2 amide bonds. The fraction of sp³-hybridized carbons (Fsp3) is 0.600. The van der Waals surface area contributed by atoms with Crippen molar-refractivity contribution in [3.63, 3.8) is 0 Å². The number of hydrogen-bond donors (Lipinski definition) is 2. The van der Waals surface area contributed by atoms with Crippen LogP contribution in [0.1, 0.15) is 31.4 Å². The molecule has 0 aromatic carbocycles. The minimum Gasteiger partial charge on any atom is -0.481 e. The topological polar surface area (TPSA) is 105 Å². The third-order valence-corrected chi connectivity index (χ3v) is 4.27. The Balaban J connectivity index is 2.15. The maximum Gasteiger partial charge on any atom is 0.308 e. The van der Waals surface area contributed by atoms with Crippen molar-refractivity contribution in [2.45, 2.75) is 25.8 Å². The van der Waals surface area contributed by atoms with Crippen LogP contribution in [0.2, 0.25) is 0 Å². The molecule has 1 fully saturated rings. The van der Waals surface area contributed by atoms with E-state index in [9.17, 15) is 14.4 Å². The van der Waals surface area contributed by atoms with Gasteiger partial charge in [-0.3, -0.25) is 19.1 Å². The van der Waals surface area contributed by atoms with E-state index in [2.05, 4.69) is 10.4 Å². The van der Waals surface area contributed by atoms with Gasteiger partial charge in [-0.15, -0.1) is 0 Å². The lowest BCUT2D eigenvalue weighted by atomic mass is 9.85. The normalized spacial score (nSPS) is 22.7. The number of carbonyl (C=O) groups excluding carboxylic acids is 2. The van der Waals surface area contributed by atoms with Gasteiger partial charge in [0.2, 0.25) is 11.8 Å². The van der Waals surface area contributed by atoms with Gasteiger partial charge < -0.3 is 15.3 Å². The van der Waals surface area contributed by atoms with Crippen molar-refractivity contribution in [3.8, 4) is 0 Å². The number of carbonyl (C=O) groups is 3. The molecular formula is C15H22N4O4. The number of likely N-dealkylation sites (tertiary alicyclic amines) is 1. The third-order valence-electron chi connectivity index (χ3n) is 4.27. The van der Waals surface area contributed by atoms with Crippen LogP contribution in [0.4, 0.5) is 0 Å².